The fourth-order valence-corrected chi connectivity index (χ4v) is 1.01. The Morgan fingerprint density at radius 3 is 2.88 bits per heavy atom. The molecule has 1 rings (SSSR count). The molecule has 1 heterocycles. The van der Waals surface area contributed by atoms with E-state index >= 15 is 0 Å². The molecule has 2 N–H and O–H groups in total. The smallest absolute Gasteiger partial charge is 0.295 e. The number of nitrogens with two attached hydrogens (primary N) is 1. The SMILES string of the molecule is NOc1nc(Cl)cs1. The molecule has 0 spiro atoms. The molecule has 0 aliphatic rings. The van der Waals surface area contributed by atoms with Crippen LogP contribution in [0.2, 0.25) is 5.15 Å². The van der Waals surface area contributed by atoms with Crippen LogP contribution in [0.3, 0.4) is 0 Å². The van der Waals surface area contributed by atoms with E-state index in [-0.39, 0.29) is 0 Å². The quantitative estimate of drug-likeness (QED) is 0.609. The Hall–Kier alpha value is -0.320. The summed E-state index contributed by atoms with van der Waals surface area (Å²) in [7, 11) is 0. The van der Waals surface area contributed by atoms with Crippen LogP contribution in [-0.2, 0) is 0 Å². The van der Waals surface area contributed by atoms with Gasteiger partial charge in [0.2, 0.25) is 0 Å². The number of hydrogen-bond donors (Lipinski definition) is 1. The molecule has 3 nitrogen and oxygen atoms in total. The van der Waals surface area contributed by atoms with Crippen LogP contribution in [0, 0.1) is 0 Å². The van der Waals surface area contributed by atoms with Gasteiger partial charge < -0.3 is 4.84 Å². The van der Waals surface area contributed by atoms with Crippen LogP contribution in [0.4, 0.5) is 0 Å². The van der Waals surface area contributed by atoms with Gasteiger partial charge in [-0.3, -0.25) is 0 Å². The summed E-state index contributed by atoms with van der Waals surface area (Å²) in [5.74, 6) is 4.75. The predicted octanol–water partition coefficient (Wildman–Crippen LogP) is 1.05. The lowest BCUT2D eigenvalue weighted by molar-refractivity contribution is 0.332. The Balaban J connectivity index is 2.84. The first kappa shape index (κ1) is 5.81. The number of rotatable bonds is 1. The summed E-state index contributed by atoms with van der Waals surface area (Å²) in [5.41, 5.74) is 0. The maximum Gasteiger partial charge on any atom is 0.295 e. The highest BCUT2D eigenvalue weighted by molar-refractivity contribution is 7.11. The summed E-state index contributed by atoms with van der Waals surface area (Å²) >= 11 is 6.66. The molecule has 0 saturated heterocycles. The molecule has 0 fully saturated rings. The summed E-state index contributed by atoms with van der Waals surface area (Å²) in [5, 5.41) is 2.44. The lowest BCUT2D eigenvalue weighted by Gasteiger charge is -1.83. The molecule has 0 radical (unpaired) electrons. The zero-order chi connectivity index (χ0) is 5.98. The van der Waals surface area contributed by atoms with Crippen molar-refractivity contribution in [2.75, 3.05) is 0 Å². The molecule has 0 aromatic carbocycles. The van der Waals surface area contributed by atoms with Gasteiger partial charge in [-0.2, -0.15) is 10.9 Å². The van der Waals surface area contributed by atoms with E-state index in [1.54, 1.807) is 5.38 Å². The van der Waals surface area contributed by atoms with Gasteiger partial charge in [-0.05, 0) is 0 Å². The number of hydrogen-bond acceptors (Lipinski definition) is 4. The minimum absolute atomic E-state index is 0.384. The van der Waals surface area contributed by atoms with Crippen molar-refractivity contribution in [3.05, 3.63) is 10.5 Å². The first-order valence-electron chi connectivity index (χ1n) is 1.80. The molecule has 8 heavy (non-hydrogen) atoms. The van der Waals surface area contributed by atoms with E-state index in [2.05, 4.69) is 9.82 Å². The third-order valence-corrected chi connectivity index (χ3v) is 1.61. The molecule has 44 valence electrons. The van der Waals surface area contributed by atoms with E-state index in [1.165, 1.54) is 11.3 Å². The highest BCUT2D eigenvalue weighted by Crippen LogP contribution is 2.19. The van der Waals surface area contributed by atoms with Crippen molar-refractivity contribution in [2.45, 2.75) is 0 Å². The van der Waals surface area contributed by atoms with Crippen molar-refractivity contribution in [3.63, 3.8) is 0 Å². The third kappa shape index (κ3) is 1.09. The molecule has 0 saturated carbocycles. The van der Waals surface area contributed by atoms with Crippen molar-refractivity contribution >= 4 is 22.9 Å². The lowest BCUT2D eigenvalue weighted by atomic mass is 11.0. The highest BCUT2D eigenvalue weighted by Gasteiger charge is 1.95. The van der Waals surface area contributed by atoms with Crippen LogP contribution < -0.4 is 10.7 Å². The Morgan fingerprint density at radius 1 is 1.88 bits per heavy atom. The van der Waals surface area contributed by atoms with E-state index in [1.807, 2.05) is 0 Å². The van der Waals surface area contributed by atoms with Crippen LogP contribution in [0.25, 0.3) is 0 Å². The van der Waals surface area contributed by atoms with Gasteiger partial charge in [0.05, 0.1) is 0 Å². The van der Waals surface area contributed by atoms with Crippen LogP contribution in [-0.4, -0.2) is 4.98 Å². The second kappa shape index (κ2) is 2.30. The van der Waals surface area contributed by atoms with Gasteiger partial charge in [0.25, 0.3) is 5.19 Å². The van der Waals surface area contributed by atoms with Gasteiger partial charge in [0, 0.05) is 5.38 Å². The fraction of sp³-hybridized carbons (Fsp3) is 0. The predicted molar refractivity (Wildman–Crippen MR) is 31.9 cm³/mol. The first-order chi connectivity index (χ1) is 3.83. The normalized spacial score (nSPS) is 9.25. The van der Waals surface area contributed by atoms with E-state index in [0.717, 1.165) is 0 Å². The van der Waals surface area contributed by atoms with E-state index in [4.69, 9.17) is 17.5 Å². The Morgan fingerprint density at radius 2 is 2.62 bits per heavy atom. The number of nitrogens with zero attached hydrogens (tertiary/aromatic N) is 1. The molecule has 5 heteroatoms. The van der Waals surface area contributed by atoms with Crippen molar-refractivity contribution < 1.29 is 4.84 Å². The molecule has 1 aromatic rings. The number of halogens is 1. The van der Waals surface area contributed by atoms with E-state index < -0.39 is 0 Å². The van der Waals surface area contributed by atoms with Crippen molar-refractivity contribution in [1.29, 1.82) is 0 Å². The fourth-order valence-electron chi connectivity index (χ4n) is 0.293. The topological polar surface area (TPSA) is 48.1 Å². The molecular weight excluding hydrogens is 148 g/mol. The van der Waals surface area contributed by atoms with Gasteiger partial charge >= 0.3 is 0 Å². The Kier molecular flexibility index (Phi) is 1.67. The zero-order valence-electron chi connectivity index (χ0n) is 3.80. The Bertz CT molecular complexity index is 178. The summed E-state index contributed by atoms with van der Waals surface area (Å²) in [6, 6.07) is 0. The van der Waals surface area contributed by atoms with Crippen LogP contribution in [0.15, 0.2) is 5.38 Å². The maximum atomic E-state index is 5.40. The molecule has 0 amide bonds. The van der Waals surface area contributed by atoms with Crippen LogP contribution >= 0.6 is 22.9 Å². The van der Waals surface area contributed by atoms with Gasteiger partial charge in [-0.25, -0.2) is 0 Å². The molecule has 0 aliphatic carbocycles. The average molecular weight is 151 g/mol. The van der Waals surface area contributed by atoms with Gasteiger partial charge in [0.15, 0.2) is 0 Å². The monoisotopic (exact) mass is 150 g/mol. The van der Waals surface area contributed by atoms with Gasteiger partial charge in [0.1, 0.15) is 5.15 Å². The summed E-state index contributed by atoms with van der Waals surface area (Å²) in [6.45, 7) is 0. The molecule has 0 bridgehead atoms. The summed E-state index contributed by atoms with van der Waals surface area (Å²) in [4.78, 5) is 7.92. The van der Waals surface area contributed by atoms with E-state index in [0.29, 0.717) is 10.3 Å². The number of aromatic nitrogens is 1. The molecular formula is C3H3ClN2OS. The molecule has 0 unspecified atom stereocenters. The largest absolute Gasteiger partial charge is 0.380 e. The lowest BCUT2D eigenvalue weighted by Crippen LogP contribution is -2.00. The summed E-state index contributed by atoms with van der Waals surface area (Å²) in [6.07, 6.45) is 0. The van der Waals surface area contributed by atoms with Crippen molar-refractivity contribution in [1.82, 2.24) is 4.98 Å². The second-order valence-electron chi connectivity index (χ2n) is 1.05. The highest BCUT2D eigenvalue weighted by atomic mass is 35.5. The second-order valence-corrected chi connectivity index (χ2v) is 2.26. The van der Waals surface area contributed by atoms with Crippen molar-refractivity contribution in [3.8, 4) is 5.19 Å². The summed E-state index contributed by atoms with van der Waals surface area (Å²) < 4.78 is 0. The van der Waals surface area contributed by atoms with Crippen LogP contribution in [0.5, 0.6) is 5.19 Å². The van der Waals surface area contributed by atoms with E-state index in [9.17, 15) is 0 Å². The maximum absolute atomic E-state index is 5.40. The zero-order valence-corrected chi connectivity index (χ0v) is 5.37. The third-order valence-electron chi connectivity index (χ3n) is 0.556. The first-order valence-corrected chi connectivity index (χ1v) is 3.06. The molecule has 1 aromatic heterocycles. The molecule has 0 aliphatic heterocycles. The minimum atomic E-state index is 0.384. The average Bonchev–Trinajstić information content (AvgIpc) is 2.14. The number of thiazole rings is 1. The van der Waals surface area contributed by atoms with Gasteiger partial charge in [-0.1, -0.05) is 22.9 Å². The molecule has 0 atom stereocenters. The minimum Gasteiger partial charge on any atom is -0.380 e. The Labute approximate surface area is 55.0 Å². The van der Waals surface area contributed by atoms with Crippen molar-refractivity contribution in [2.24, 2.45) is 5.90 Å². The van der Waals surface area contributed by atoms with Crippen LogP contribution in [0.1, 0.15) is 0 Å². The van der Waals surface area contributed by atoms with Gasteiger partial charge in [-0.15, -0.1) is 0 Å². The standard InChI is InChI=1S/C3H3ClN2OS/c4-2-1-8-3(6-2)7-5/h1H,5H2.